The van der Waals surface area contributed by atoms with E-state index in [0.717, 1.165) is 32.1 Å². The smallest absolute Gasteiger partial charge is 0.338 e. The average molecular weight is 797 g/mol. The Bertz CT molecular complexity index is 1930. The van der Waals surface area contributed by atoms with Crippen LogP contribution in [0, 0.1) is 11.8 Å². The van der Waals surface area contributed by atoms with Crippen LogP contribution >= 0.6 is 11.6 Å². The van der Waals surface area contributed by atoms with Crippen molar-refractivity contribution < 1.29 is 37.0 Å². The molecule has 2 aromatic carbocycles. The van der Waals surface area contributed by atoms with Crippen LogP contribution in [0.25, 0.3) is 0 Å². The molecular weight excluding hydrogens is 740 g/mol. The molecule has 3 unspecified atom stereocenters. The molecule has 3 aliphatic rings. The summed E-state index contributed by atoms with van der Waals surface area (Å²) in [6.07, 6.45) is 8.40. The van der Waals surface area contributed by atoms with E-state index in [1.54, 1.807) is 45.1 Å². The second kappa shape index (κ2) is 16.1. The maximum atomic E-state index is 13.8. The fraction of sp³-hybridized carbons (Fsp3) is 0.535. The molecule has 10 nitrogen and oxygen atoms in total. The number of nitrogens with one attached hydrogen (secondary N) is 1. The summed E-state index contributed by atoms with van der Waals surface area (Å²) in [4.78, 5) is 29.0. The van der Waals surface area contributed by atoms with Gasteiger partial charge in [0, 0.05) is 29.4 Å². The van der Waals surface area contributed by atoms with Crippen LogP contribution in [-0.2, 0) is 45.7 Å². The number of fused-ring (bicyclic) bond motifs is 3. The summed E-state index contributed by atoms with van der Waals surface area (Å²) in [6, 6.07) is 10.7. The largest absolute Gasteiger partial charge is 0.490 e. The van der Waals surface area contributed by atoms with Gasteiger partial charge in [0.15, 0.2) is 5.60 Å². The number of sulfonamides is 1. The molecule has 12 heteroatoms. The van der Waals surface area contributed by atoms with Gasteiger partial charge in [-0.25, -0.2) is 17.9 Å². The van der Waals surface area contributed by atoms with Gasteiger partial charge >= 0.3 is 5.97 Å². The number of halogens is 1. The lowest BCUT2D eigenvalue weighted by Crippen LogP contribution is -2.54. The number of benzene rings is 2. The summed E-state index contributed by atoms with van der Waals surface area (Å²) in [5, 5.41) is 0.679. The Hall–Kier alpha value is -3.64. The van der Waals surface area contributed by atoms with E-state index < -0.39 is 50.2 Å². The Morgan fingerprint density at radius 3 is 2.31 bits per heavy atom. The monoisotopic (exact) mass is 796 g/mol. The summed E-state index contributed by atoms with van der Waals surface area (Å²) in [5.74, 6) is -0.787. The van der Waals surface area contributed by atoms with E-state index >= 15 is 0 Å². The first-order valence-electron chi connectivity index (χ1n) is 19.0. The molecule has 1 N–H and O–H groups in total. The first kappa shape index (κ1) is 42.5. The number of ether oxygens (including phenoxy) is 4. The van der Waals surface area contributed by atoms with E-state index in [1.807, 2.05) is 26.0 Å². The number of esters is 1. The van der Waals surface area contributed by atoms with E-state index in [0.29, 0.717) is 36.2 Å². The molecule has 1 saturated carbocycles. The van der Waals surface area contributed by atoms with Gasteiger partial charge in [-0.15, -0.1) is 13.2 Å². The number of hydrogen-bond donors (Lipinski definition) is 1. The van der Waals surface area contributed by atoms with Crippen molar-refractivity contribution in [3.8, 4) is 5.75 Å². The molecule has 2 aromatic rings. The number of carbonyl (C=O) groups excluding carboxylic acids is 2. The lowest BCUT2D eigenvalue weighted by molar-refractivity contribution is -0.190. The quantitative estimate of drug-likeness (QED) is 0.142. The van der Waals surface area contributed by atoms with Gasteiger partial charge in [0.1, 0.15) is 17.0 Å². The molecule has 1 aliphatic heterocycles. The third kappa shape index (κ3) is 9.01. The van der Waals surface area contributed by atoms with Crippen LogP contribution in [0.3, 0.4) is 0 Å². The van der Waals surface area contributed by atoms with Gasteiger partial charge in [0.2, 0.25) is 0 Å². The van der Waals surface area contributed by atoms with Crippen LogP contribution < -0.4 is 14.4 Å². The van der Waals surface area contributed by atoms with Crippen molar-refractivity contribution in [1.82, 2.24) is 4.72 Å². The first-order valence-corrected chi connectivity index (χ1v) is 20.9. The lowest BCUT2D eigenvalue weighted by atomic mass is 9.64. The van der Waals surface area contributed by atoms with Crippen LogP contribution in [0.15, 0.2) is 79.3 Å². The molecule has 55 heavy (non-hydrogen) atoms. The van der Waals surface area contributed by atoms with Crippen molar-refractivity contribution in [2.75, 3.05) is 24.6 Å². The number of aryl methyl sites for hydroxylation is 1. The van der Waals surface area contributed by atoms with Crippen molar-refractivity contribution in [1.29, 1.82) is 0 Å². The van der Waals surface area contributed by atoms with E-state index in [2.05, 4.69) is 35.4 Å². The number of hydrogen-bond acceptors (Lipinski definition) is 9. The van der Waals surface area contributed by atoms with E-state index in [-0.39, 0.29) is 22.8 Å². The van der Waals surface area contributed by atoms with E-state index in [9.17, 15) is 18.0 Å². The molecule has 0 aromatic heterocycles. The molecular formula is C43H57ClN2O8S. The molecule has 0 saturated heterocycles. The normalized spacial score (nSPS) is 23.3. The highest BCUT2D eigenvalue weighted by molar-refractivity contribution is 7.90. The Morgan fingerprint density at radius 1 is 1.02 bits per heavy atom. The Morgan fingerprint density at radius 2 is 1.69 bits per heavy atom. The number of nitrogens with zero attached hydrogens (tertiary/aromatic N) is 1. The molecule has 6 atom stereocenters. The second-order valence-electron chi connectivity index (χ2n) is 16.5. The van der Waals surface area contributed by atoms with Gasteiger partial charge in [0.05, 0.1) is 29.4 Å². The number of anilines is 1. The summed E-state index contributed by atoms with van der Waals surface area (Å²) >= 11 is 6.46. The molecule has 1 fully saturated rings. The van der Waals surface area contributed by atoms with Gasteiger partial charge < -0.3 is 23.8 Å². The molecule has 0 bridgehead atoms. The van der Waals surface area contributed by atoms with Crippen LogP contribution in [-0.4, -0.2) is 69.0 Å². The van der Waals surface area contributed by atoms with E-state index in [1.165, 1.54) is 37.1 Å². The van der Waals surface area contributed by atoms with Gasteiger partial charge in [-0.1, -0.05) is 36.4 Å². The SMILES string of the molecule is C=CC(C)OC(C)(C)C(=O)NS(=O)(=O)c1ccc2c(c1)N(C[C@@H]1CC[C@H]1C(C)(C=C)OC(=O)C(C)(C)OC(C)C=C)C[C@@]1(CCCc3cc(Cl)ccc31)CO2. The van der Waals surface area contributed by atoms with Gasteiger partial charge in [0.25, 0.3) is 15.9 Å². The van der Waals surface area contributed by atoms with Crippen molar-refractivity contribution in [2.45, 2.75) is 120 Å². The van der Waals surface area contributed by atoms with Crippen LogP contribution in [0.1, 0.15) is 85.3 Å². The summed E-state index contributed by atoms with van der Waals surface area (Å²) < 4.78 is 54.4. The van der Waals surface area contributed by atoms with Crippen molar-refractivity contribution in [2.24, 2.45) is 11.8 Å². The van der Waals surface area contributed by atoms with E-state index in [4.69, 9.17) is 30.5 Å². The minimum atomic E-state index is -4.33. The highest BCUT2D eigenvalue weighted by Gasteiger charge is 2.50. The summed E-state index contributed by atoms with van der Waals surface area (Å²) in [7, 11) is -4.33. The summed E-state index contributed by atoms with van der Waals surface area (Å²) in [5.41, 5.74) is -1.13. The van der Waals surface area contributed by atoms with Gasteiger partial charge in [-0.05, 0) is 134 Å². The molecule has 2 aliphatic carbocycles. The second-order valence-corrected chi connectivity index (χ2v) is 18.6. The zero-order valence-corrected chi connectivity index (χ0v) is 34.9. The molecule has 1 amide bonds. The Labute approximate surface area is 332 Å². The van der Waals surface area contributed by atoms with Crippen LogP contribution in [0.4, 0.5) is 5.69 Å². The molecule has 300 valence electrons. The van der Waals surface area contributed by atoms with Crippen molar-refractivity contribution in [3.05, 3.63) is 90.5 Å². The number of rotatable bonds is 15. The zero-order valence-electron chi connectivity index (χ0n) is 33.3. The third-order valence-electron chi connectivity index (χ3n) is 11.5. The predicted molar refractivity (Wildman–Crippen MR) is 216 cm³/mol. The van der Waals surface area contributed by atoms with Gasteiger partial charge in [-0.3, -0.25) is 4.79 Å². The van der Waals surface area contributed by atoms with Crippen molar-refractivity contribution in [3.63, 3.8) is 0 Å². The highest BCUT2D eigenvalue weighted by atomic mass is 35.5. The highest BCUT2D eigenvalue weighted by Crippen LogP contribution is 2.49. The number of carbonyl (C=O) groups is 2. The average Bonchev–Trinajstić information content (AvgIpc) is 3.25. The standard InChI is InChI=1S/C43H57ClN2O8S/c1-11-28(4)52-40(6,7)38(47)45-55(49,50)33-18-21-37-36(24-33)46(26-43(27-51-37)22-14-15-30-23-32(44)17-20-35(30)43)25-31-16-19-34(31)42(10,13-3)54-39(48)41(8,9)53-29(5)12-2/h11-13,17-18,20-21,23-24,28-29,31,34H,1-3,14-16,19,22,25-27H2,4-10H3,(H,45,47)/t28?,29?,31-,34+,42?,43-/m0/s1. The van der Waals surface area contributed by atoms with Crippen LogP contribution in [0.5, 0.6) is 5.75 Å². The van der Waals surface area contributed by atoms with Crippen molar-refractivity contribution >= 4 is 39.2 Å². The maximum absolute atomic E-state index is 13.8. The lowest BCUT2D eigenvalue weighted by Gasteiger charge is -2.49. The fourth-order valence-corrected chi connectivity index (χ4v) is 9.43. The van der Waals surface area contributed by atoms with Crippen LogP contribution in [0.2, 0.25) is 5.02 Å². The Balaban J connectivity index is 1.50. The molecule has 0 radical (unpaired) electrons. The number of amides is 1. The first-order chi connectivity index (χ1) is 25.7. The minimum Gasteiger partial charge on any atom is -0.490 e. The fourth-order valence-electron chi connectivity index (χ4n) is 8.11. The topological polar surface area (TPSA) is 120 Å². The third-order valence-corrected chi connectivity index (χ3v) is 13.1. The van der Waals surface area contributed by atoms with Gasteiger partial charge in [-0.2, -0.15) is 0 Å². The molecule has 5 rings (SSSR count). The maximum Gasteiger partial charge on any atom is 0.338 e. The molecule has 1 heterocycles. The Kier molecular flexibility index (Phi) is 12.4. The summed E-state index contributed by atoms with van der Waals surface area (Å²) in [6.45, 7) is 24.8. The minimum absolute atomic E-state index is 0.0490. The predicted octanol–water partition coefficient (Wildman–Crippen LogP) is 7.87. The zero-order chi connectivity index (χ0) is 40.6. The molecule has 1 spiro atoms.